The van der Waals surface area contributed by atoms with Gasteiger partial charge in [-0.05, 0) is 19.3 Å². The van der Waals surface area contributed by atoms with E-state index < -0.39 is 0 Å². The Labute approximate surface area is 110 Å². The number of carbonyl (C=O) groups excluding carboxylic acids is 1. The van der Waals surface area contributed by atoms with E-state index in [4.69, 9.17) is 14.2 Å². The fraction of sp³-hybridized carbons (Fsp3) is 0.929. The molecule has 18 heavy (non-hydrogen) atoms. The minimum atomic E-state index is -0.212. The van der Waals surface area contributed by atoms with Crippen LogP contribution in [0.25, 0.3) is 0 Å². The summed E-state index contributed by atoms with van der Waals surface area (Å²) >= 11 is 0. The molecule has 106 valence electrons. The molecule has 1 rings (SSSR count). The fourth-order valence-corrected chi connectivity index (χ4v) is 2.59. The lowest BCUT2D eigenvalue weighted by atomic mass is 9.61. The van der Waals surface area contributed by atoms with Crippen LogP contribution < -0.4 is 0 Å². The fourth-order valence-electron chi connectivity index (χ4n) is 2.59. The molecule has 0 heterocycles. The lowest BCUT2D eigenvalue weighted by Crippen LogP contribution is -2.54. The van der Waals surface area contributed by atoms with Gasteiger partial charge in [0.15, 0.2) is 0 Å². The second kappa shape index (κ2) is 7.87. The van der Waals surface area contributed by atoms with E-state index in [1.807, 2.05) is 0 Å². The molecule has 0 aromatic heterocycles. The molecule has 0 bridgehead atoms. The summed E-state index contributed by atoms with van der Waals surface area (Å²) in [4.78, 5) is 11.7. The summed E-state index contributed by atoms with van der Waals surface area (Å²) in [5, 5.41) is 0. The lowest BCUT2D eigenvalue weighted by Gasteiger charge is -2.46. The number of hydrogen-bond donors (Lipinski definition) is 0. The van der Waals surface area contributed by atoms with Crippen LogP contribution in [0.1, 0.15) is 39.5 Å². The Balaban J connectivity index is 2.11. The average molecular weight is 258 g/mol. The molecule has 0 aromatic rings. The van der Waals surface area contributed by atoms with Crippen molar-refractivity contribution >= 4 is 5.78 Å². The highest BCUT2D eigenvalue weighted by molar-refractivity contribution is 5.92. The quantitative estimate of drug-likeness (QED) is 0.564. The first-order valence-corrected chi connectivity index (χ1v) is 6.92. The van der Waals surface area contributed by atoms with Crippen LogP contribution in [0, 0.1) is 5.41 Å². The number of hydrogen-bond acceptors (Lipinski definition) is 4. The maximum atomic E-state index is 11.7. The predicted molar refractivity (Wildman–Crippen MR) is 69.7 cm³/mol. The van der Waals surface area contributed by atoms with Gasteiger partial charge in [-0.25, -0.2) is 0 Å². The summed E-state index contributed by atoms with van der Waals surface area (Å²) < 4.78 is 16.1. The van der Waals surface area contributed by atoms with Gasteiger partial charge in [-0.1, -0.05) is 13.8 Å². The van der Waals surface area contributed by atoms with Crippen LogP contribution in [-0.2, 0) is 19.0 Å². The van der Waals surface area contributed by atoms with E-state index in [1.165, 1.54) is 0 Å². The molecular weight excluding hydrogens is 232 g/mol. The van der Waals surface area contributed by atoms with Crippen molar-refractivity contribution in [3.63, 3.8) is 0 Å². The largest absolute Gasteiger partial charge is 0.385 e. The van der Waals surface area contributed by atoms with Crippen molar-refractivity contribution in [1.29, 1.82) is 0 Å². The average Bonchev–Trinajstić information content (AvgIpc) is 2.38. The van der Waals surface area contributed by atoms with Crippen molar-refractivity contribution in [2.24, 2.45) is 5.41 Å². The van der Waals surface area contributed by atoms with Gasteiger partial charge in [0.25, 0.3) is 0 Å². The van der Waals surface area contributed by atoms with E-state index in [0.717, 1.165) is 25.9 Å². The van der Waals surface area contributed by atoms with Crippen molar-refractivity contribution in [3.05, 3.63) is 0 Å². The van der Waals surface area contributed by atoms with Gasteiger partial charge in [0.1, 0.15) is 5.78 Å². The molecule has 1 unspecified atom stereocenters. The number of carbonyl (C=O) groups is 1. The standard InChI is InChI=1S/C14H26O4/c1-4-14(5-2)12(15)11-13(14)18-10-9-17-8-6-7-16-3/h13H,4-11H2,1-3H3. The Morgan fingerprint density at radius 3 is 2.44 bits per heavy atom. The molecule has 0 amide bonds. The number of methoxy groups -OCH3 is 1. The Kier molecular flexibility index (Phi) is 6.82. The summed E-state index contributed by atoms with van der Waals surface area (Å²) in [6.07, 6.45) is 3.34. The van der Waals surface area contributed by atoms with E-state index in [9.17, 15) is 4.79 Å². The Morgan fingerprint density at radius 1 is 1.17 bits per heavy atom. The van der Waals surface area contributed by atoms with Gasteiger partial charge in [0.05, 0.1) is 24.7 Å². The molecule has 1 fully saturated rings. The smallest absolute Gasteiger partial charge is 0.144 e. The van der Waals surface area contributed by atoms with Crippen molar-refractivity contribution in [1.82, 2.24) is 0 Å². The van der Waals surface area contributed by atoms with E-state index in [0.29, 0.717) is 32.0 Å². The monoisotopic (exact) mass is 258 g/mol. The van der Waals surface area contributed by atoms with E-state index in [1.54, 1.807) is 7.11 Å². The molecule has 1 atom stereocenters. The van der Waals surface area contributed by atoms with Gasteiger partial charge < -0.3 is 14.2 Å². The zero-order valence-corrected chi connectivity index (χ0v) is 11.9. The molecular formula is C14H26O4. The Hall–Kier alpha value is -0.450. The van der Waals surface area contributed by atoms with Gasteiger partial charge in [-0.15, -0.1) is 0 Å². The first-order chi connectivity index (χ1) is 8.71. The summed E-state index contributed by atoms with van der Waals surface area (Å²) in [5.74, 6) is 0.360. The summed E-state index contributed by atoms with van der Waals surface area (Å²) in [5.41, 5.74) is -0.212. The van der Waals surface area contributed by atoms with Crippen molar-refractivity contribution < 1.29 is 19.0 Å². The molecule has 0 radical (unpaired) electrons. The highest BCUT2D eigenvalue weighted by atomic mass is 16.5. The maximum absolute atomic E-state index is 11.7. The van der Waals surface area contributed by atoms with Crippen LogP contribution in [0.4, 0.5) is 0 Å². The topological polar surface area (TPSA) is 44.8 Å². The van der Waals surface area contributed by atoms with Crippen LogP contribution in [-0.4, -0.2) is 45.4 Å². The third kappa shape index (κ3) is 3.53. The van der Waals surface area contributed by atoms with Crippen LogP contribution in [0.3, 0.4) is 0 Å². The second-order valence-electron chi connectivity index (χ2n) is 4.81. The third-order valence-electron chi connectivity index (χ3n) is 3.99. The highest BCUT2D eigenvalue weighted by Gasteiger charge is 2.52. The highest BCUT2D eigenvalue weighted by Crippen LogP contribution is 2.45. The van der Waals surface area contributed by atoms with Crippen LogP contribution in [0.15, 0.2) is 0 Å². The molecule has 4 nitrogen and oxygen atoms in total. The van der Waals surface area contributed by atoms with Gasteiger partial charge >= 0.3 is 0 Å². The molecule has 0 saturated heterocycles. The first-order valence-electron chi connectivity index (χ1n) is 6.92. The van der Waals surface area contributed by atoms with Crippen molar-refractivity contribution in [3.8, 4) is 0 Å². The van der Waals surface area contributed by atoms with Crippen LogP contribution in [0.5, 0.6) is 0 Å². The summed E-state index contributed by atoms with van der Waals surface area (Å²) in [7, 11) is 1.69. The first kappa shape index (κ1) is 15.6. The summed E-state index contributed by atoms with van der Waals surface area (Å²) in [6, 6.07) is 0. The normalized spacial score (nSPS) is 21.9. The van der Waals surface area contributed by atoms with Gasteiger partial charge in [-0.3, -0.25) is 4.79 Å². The third-order valence-corrected chi connectivity index (χ3v) is 3.99. The van der Waals surface area contributed by atoms with Crippen LogP contribution in [0.2, 0.25) is 0 Å². The maximum Gasteiger partial charge on any atom is 0.144 e. The van der Waals surface area contributed by atoms with E-state index in [2.05, 4.69) is 13.8 Å². The second-order valence-corrected chi connectivity index (χ2v) is 4.81. The summed E-state index contributed by atoms with van der Waals surface area (Å²) in [6.45, 7) is 6.74. The molecule has 4 heteroatoms. The Bertz CT molecular complexity index is 248. The number of Topliss-reactive ketones (excluding diaryl/α,β-unsaturated/α-hetero) is 1. The molecule has 1 aliphatic rings. The van der Waals surface area contributed by atoms with E-state index in [-0.39, 0.29) is 11.5 Å². The van der Waals surface area contributed by atoms with Crippen LogP contribution >= 0.6 is 0 Å². The molecule has 0 N–H and O–H groups in total. The number of ketones is 1. The SMILES string of the molecule is CCC1(CC)C(=O)CC1OCCOCCCOC. The van der Waals surface area contributed by atoms with Crippen molar-refractivity contribution in [2.45, 2.75) is 45.6 Å². The molecule has 0 aliphatic heterocycles. The molecule has 0 aromatic carbocycles. The Morgan fingerprint density at radius 2 is 1.89 bits per heavy atom. The lowest BCUT2D eigenvalue weighted by molar-refractivity contribution is -0.167. The van der Waals surface area contributed by atoms with Gasteiger partial charge in [0, 0.05) is 26.7 Å². The minimum absolute atomic E-state index is 0.0996. The van der Waals surface area contributed by atoms with Gasteiger partial charge in [-0.2, -0.15) is 0 Å². The molecule has 0 spiro atoms. The minimum Gasteiger partial charge on any atom is -0.385 e. The number of ether oxygens (including phenoxy) is 3. The van der Waals surface area contributed by atoms with Gasteiger partial charge in [0.2, 0.25) is 0 Å². The zero-order valence-electron chi connectivity index (χ0n) is 11.9. The zero-order chi connectivity index (χ0) is 13.4. The van der Waals surface area contributed by atoms with Crippen molar-refractivity contribution in [2.75, 3.05) is 33.5 Å². The number of rotatable bonds is 10. The predicted octanol–water partition coefficient (Wildman–Crippen LogP) is 2.20. The van der Waals surface area contributed by atoms with E-state index >= 15 is 0 Å². The molecule has 1 aliphatic carbocycles. The molecule has 1 saturated carbocycles.